The van der Waals surface area contributed by atoms with Gasteiger partial charge in [-0.2, -0.15) is 0 Å². The van der Waals surface area contributed by atoms with E-state index in [0.29, 0.717) is 43.7 Å². The Bertz CT molecular complexity index is 889. The Kier molecular flexibility index (Phi) is 5.43. The van der Waals surface area contributed by atoms with Crippen molar-refractivity contribution < 1.29 is 19.5 Å². The number of likely N-dealkylation sites (tertiary alicyclic amines) is 1. The van der Waals surface area contributed by atoms with E-state index in [0.717, 1.165) is 11.2 Å². The Hall–Kier alpha value is -2.90. The summed E-state index contributed by atoms with van der Waals surface area (Å²) in [5.41, 5.74) is 2.89. The number of aromatic nitrogens is 2. The van der Waals surface area contributed by atoms with Crippen LogP contribution in [0.15, 0.2) is 18.3 Å². The number of nitrogens with zero attached hydrogens (tertiary/aromatic N) is 3. The molecule has 0 bridgehead atoms. The third-order valence-corrected chi connectivity index (χ3v) is 4.95. The monoisotopic (exact) mass is 372 g/mol. The number of nitrogens with one attached hydrogen (secondary N) is 1. The molecule has 0 saturated carbocycles. The summed E-state index contributed by atoms with van der Waals surface area (Å²) in [4.78, 5) is 41.8. The first-order valence-electron chi connectivity index (χ1n) is 9.15. The van der Waals surface area contributed by atoms with Crippen LogP contribution in [0.4, 0.5) is 0 Å². The van der Waals surface area contributed by atoms with Crippen molar-refractivity contribution in [3.63, 3.8) is 0 Å². The Morgan fingerprint density at radius 1 is 1.33 bits per heavy atom. The molecular weight excluding hydrogens is 348 g/mol. The van der Waals surface area contributed by atoms with Crippen molar-refractivity contribution in [1.82, 2.24) is 19.6 Å². The topological polar surface area (TPSA) is 104 Å². The molecule has 1 aliphatic heterocycles. The number of carbonyl (C=O) groups excluding carboxylic acids is 2. The lowest BCUT2D eigenvalue weighted by Gasteiger charge is -2.21. The average molecular weight is 372 g/mol. The van der Waals surface area contributed by atoms with Gasteiger partial charge >= 0.3 is 5.97 Å². The Balaban J connectivity index is 1.55. The normalized spacial score (nSPS) is 16.7. The van der Waals surface area contributed by atoms with E-state index in [2.05, 4.69) is 10.3 Å². The highest BCUT2D eigenvalue weighted by Crippen LogP contribution is 2.19. The summed E-state index contributed by atoms with van der Waals surface area (Å²) in [5.74, 6) is -1.36. The highest BCUT2D eigenvalue weighted by Gasteiger charge is 2.33. The molecule has 0 radical (unpaired) electrons. The second-order valence-corrected chi connectivity index (χ2v) is 6.87. The predicted molar refractivity (Wildman–Crippen MR) is 98.6 cm³/mol. The number of imidazole rings is 1. The van der Waals surface area contributed by atoms with E-state index in [1.807, 2.05) is 19.1 Å². The fraction of sp³-hybridized carbons (Fsp3) is 0.474. The van der Waals surface area contributed by atoms with Crippen LogP contribution in [0, 0.1) is 13.8 Å². The van der Waals surface area contributed by atoms with E-state index in [1.54, 1.807) is 17.5 Å². The van der Waals surface area contributed by atoms with Gasteiger partial charge in [-0.3, -0.25) is 14.0 Å². The first kappa shape index (κ1) is 18.9. The average Bonchev–Trinajstić information content (AvgIpc) is 3.23. The summed E-state index contributed by atoms with van der Waals surface area (Å²) in [6, 6.07) is 3.10. The zero-order valence-corrected chi connectivity index (χ0v) is 15.6. The second-order valence-electron chi connectivity index (χ2n) is 6.87. The Labute approximate surface area is 157 Å². The number of amides is 2. The summed E-state index contributed by atoms with van der Waals surface area (Å²) in [5, 5.41) is 12.0. The molecular formula is C19H24N4O4. The molecule has 2 aromatic heterocycles. The third kappa shape index (κ3) is 3.79. The summed E-state index contributed by atoms with van der Waals surface area (Å²) < 4.78 is 1.77. The molecule has 0 spiro atoms. The van der Waals surface area contributed by atoms with Gasteiger partial charge in [-0.25, -0.2) is 9.78 Å². The van der Waals surface area contributed by atoms with Crippen molar-refractivity contribution in [2.24, 2.45) is 0 Å². The molecule has 3 heterocycles. The van der Waals surface area contributed by atoms with Crippen LogP contribution < -0.4 is 5.32 Å². The van der Waals surface area contributed by atoms with E-state index in [9.17, 15) is 14.4 Å². The lowest BCUT2D eigenvalue weighted by atomic mass is 10.2. The number of pyridine rings is 1. The third-order valence-electron chi connectivity index (χ3n) is 4.95. The predicted octanol–water partition coefficient (Wildman–Crippen LogP) is 1.54. The van der Waals surface area contributed by atoms with Gasteiger partial charge in [-0.1, -0.05) is 6.07 Å². The van der Waals surface area contributed by atoms with Crippen molar-refractivity contribution in [2.45, 2.75) is 45.6 Å². The zero-order chi connectivity index (χ0) is 19.6. The molecule has 144 valence electrons. The van der Waals surface area contributed by atoms with Gasteiger partial charge in [0.15, 0.2) is 0 Å². The second kappa shape index (κ2) is 7.77. The molecule has 1 unspecified atom stereocenters. The van der Waals surface area contributed by atoms with Gasteiger partial charge in [0, 0.05) is 25.7 Å². The lowest BCUT2D eigenvalue weighted by molar-refractivity contribution is -0.148. The SMILES string of the molecule is Cc1nc2c(C)cccn2c1C(=O)NCCCC(=O)N1CCCC1C(=O)O. The molecule has 2 aromatic rings. The van der Waals surface area contributed by atoms with Crippen molar-refractivity contribution in [3.05, 3.63) is 35.3 Å². The summed E-state index contributed by atoms with van der Waals surface area (Å²) in [6.07, 6.45) is 3.70. The highest BCUT2D eigenvalue weighted by atomic mass is 16.4. The number of hydrogen-bond acceptors (Lipinski definition) is 4. The number of rotatable bonds is 6. The van der Waals surface area contributed by atoms with Crippen LogP contribution in [0.3, 0.4) is 0 Å². The quantitative estimate of drug-likeness (QED) is 0.749. The molecule has 1 aliphatic rings. The molecule has 3 rings (SSSR count). The number of hydrogen-bond donors (Lipinski definition) is 2. The van der Waals surface area contributed by atoms with Crippen molar-refractivity contribution in [3.8, 4) is 0 Å². The first-order valence-corrected chi connectivity index (χ1v) is 9.15. The first-order chi connectivity index (χ1) is 12.9. The molecule has 2 N–H and O–H groups in total. The van der Waals surface area contributed by atoms with Crippen molar-refractivity contribution in [1.29, 1.82) is 0 Å². The van der Waals surface area contributed by atoms with Crippen molar-refractivity contribution >= 4 is 23.4 Å². The van der Waals surface area contributed by atoms with Crippen LogP contribution in [0.1, 0.15) is 47.4 Å². The summed E-state index contributed by atoms with van der Waals surface area (Å²) in [6.45, 7) is 4.57. The van der Waals surface area contributed by atoms with Crippen LogP contribution >= 0.6 is 0 Å². The highest BCUT2D eigenvalue weighted by molar-refractivity contribution is 5.94. The number of carbonyl (C=O) groups is 3. The van der Waals surface area contributed by atoms with Crippen molar-refractivity contribution in [2.75, 3.05) is 13.1 Å². The van der Waals surface area contributed by atoms with E-state index in [1.165, 1.54) is 4.90 Å². The van der Waals surface area contributed by atoms with Gasteiger partial charge in [0.1, 0.15) is 17.4 Å². The minimum absolute atomic E-state index is 0.171. The van der Waals surface area contributed by atoms with Gasteiger partial charge in [0.25, 0.3) is 5.91 Å². The summed E-state index contributed by atoms with van der Waals surface area (Å²) >= 11 is 0. The van der Waals surface area contributed by atoms with Crippen LogP contribution in [0.5, 0.6) is 0 Å². The van der Waals surface area contributed by atoms with E-state index in [-0.39, 0.29) is 18.2 Å². The molecule has 1 fully saturated rings. The molecule has 27 heavy (non-hydrogen) atoms. The molecule has 8 nitrogen and oxygen atoms in total. The number of fused-ring (bicyclic) bond motifs is 1. The Morgan fingerprint density at radius 2 is 2.11 bits per heavy atom. The van der Waals surface area contributed by atoms with E-state index in [4.69, 9.17) is 5.11 Å². The van der Waals surface area contributed by atoms with Crippen LogP contribution in [0.25, 0.3) is 5.65 Å². The van der Waals surface area contributed by atoms with E-state index >= 15 is 0 Å². The number of aliphatic carboxylic acids is 1. The van der Waals surface area contributed by atoms with Gasteiger partial charge in [0.05, 0.1) is 5.69 Å². The van der Waals surface area contributed by atoms with Crippen LogP contribution in [-0.2, 0) is 9.59 Å². The molecule has 0 aliphatic carbocycles. The molecule has 2 amide bonds. The molecule has 0 aromatic carbocycles. The van der Waals surface area contributed by atoms with E-state index < -0.39 is 12.0 Å². The van der Waals surface area contributed by atoms with Crippen LogP contribution in [-0.4, -0.2) is 56.3 Å². The fourth-order valence-corrected chi connectivity index (χ4v) is 3.58. The minimum Gasteiger partial charge on any atom is -0.480 e. The molecule has 1 atom stereocenters. The fourth-order valence-electron chi connectivity index (χ4n) is 3.58. The van der Waals surface area contributed by atoms with Gasteiger partial charge in [-0.05, 0) is 44.7 Å². The Morgan fingerprint density at radius 3 is 2.85 bits per heavy atom. The number of carboxylic acids is 1. The minimum atomic E-state index is -0.951. The smallest absolute Gasteiger partial charge is 0.326 e. The lowest BCUT2D eigenvalue weighted by Crippen LogP contribution is -2.40. The maximum Gasteiger partial charge on any atom is 0.326 e. The van der Waals surface area contributed by atoms with Gasteiger partial charge < -0.3 is 15.3 Å². The maximum absolute atomic E-state index is 12.5. The van der Waals surface area contributed by atoms with Crippen LogP contribution in [0.2, 0.25) is 0 Å². The maximum atomic E-state index is 12.5. The number of aryl methyl sites for hydroxylation is 2. The van der Waals surface area contributed by atoms with Gasteiger partial charge in [-0.15, -0.1) is 0 Å². The van der Waals surface area contributed by atoms with Gasteiger partial charge in [0.2, 0.25) is 5.91 Å². The molecule has 1 saturated heterocycles. The standard InChI is InChI=1S/C19H24N4O4/c1-12-6-4-11-23-16(13(2)21-17(12)23)18(25)20-9-3-8-15(24)22-10-5-7-14(22)19(26)27/h4,6,11,14H,3,5,7-10H2,1-2H3,(H,20,25)(H,26,27). The molecule has 8 heteroatoms. The summed E-state index contributed by atoms with van der Waals surface area (Å²) in [7, 11) is 0. The zero-order valence-electron chi connectivity index (χ0n) is 15.6. The largest absolute Gasteiger partial charge is 0.480 e. The number of carboxylic acid groups (broad SMARTS) is 1.